The number of hydrogen-bond donors (Lipinski definition) is 0. The van der Waals surface area contributed by atoms with Gasteiger partial charge in [0.2, 0.25) is 0 Å². The standard InChI is InChI=1S/C30H48O3/c1-17(2)18(3)14-26(33-20(5)31)19(4)23-8-9-24-22-15-27(32)30-16-21(30)10-13-29(30,7)25(22)11-12-28(23,24)6/h17-19,21-26H,8-16H2,1-7H3/t18-,19+,21-,22+,23-,24+,25+,26+,28-,29-,30+/m1/s1/i1D2,26D/t17?,18-,19+,21-,22+,23-,24+,25+,26+,28-,29-,30+. The van der Waals surface area contributed by atoms with Gasteiger partial charge in [-0.2, -0.15) is 0 Å². The van der Waals surface area contributed by atoms with Crippen LogP contribution in [-0.4, -0.2) is 17.8 Å². The molecular formula is C30H48O3. The first kappa shape index (κ1) is 20.3. The fraction of sp³-hybridized carbons (Fsp3) is 0.933. The third kappa shape index (κ3) is 3.25. The number of carbonyl (C=O) groups excluding carboxylic acids is 2. The third-order valence-corrected chi connectivity index (χ3v) is 12.2. The van der Waals surface area contributed by atoms with E-state index in [1.54, 1.807) is 0 Å². The minimum atomic E-state index is -1.36. The maximum Gasteiger partial charge on any atom is 0.302 e. The van der Waals surface area contributed by atoms with Crippen LogP contribution in [-0.2, 0) is 14.3 Å². The molecule has 5 fully saturated rings. The van der Waals surface area contributed by atoms with Gasteiger partial charge < -0.3 is 4.74 Å². The second kappa shape index (κ2) is 7.82. The Hall–Kier alpha value is -0.860. The molecule has 0 amide bonds. The van der Waals surface area contributed by atoms with E-state index >= 15 is 0 Å². The Labute approximate surface area is 206 Å². The molecule has 12 atom stereocenters. The summed E-state index contributed by atoms with van der Waals surface area (Å²) in [6, 6.07) is 0. The van der Waals surface area contributed by atoms with E-state index < -0.39 is 18.9 Å². The summed E-state index contributed by atoms with van der Waals surface area (Å²) in [5.41, 5.74) is 0.255. The van der Waals surface area contributed by atoms with E-state index in [-0.39, 0.29) is 39.9 Å². The fourth-order valence-electron chi connectivity index (χ4n) is 10.1. The van der Waals surface area contributed by atoms with Gasteiger partial charge in [-0.25, -0.2) is 0 Å². The van der Waals surface area contributed by atoms with Gasteiger partial charge in [0.05, 0.1) is 1.37 Å². The van der Waals surface area contributed by atoms with Crippen molar-refractivity contribution in [2.75, 3.05) is 0 Å². The van der Waals surface area contributed by atoms with Crippen molar-refractivity contribution < 1.29 is 18.4 Å². The molecule has 5 rings (SSSR count). The average molecular weight is 460 g/mol. The lowest BCUT2D eigenvalue weighted by molar-refractivity contribution is -0.158. The van der Waals surface area contributed by atoms with Gasteiger partial charge in [-0.1, -0.05) is 41.5 Å². The Morgan fingerprint density at radius 3 is 2.58 bits per heavy atom. The SMILES string of the molecule is [2H]C([2H])C(C)[C@H](C)C[C@]([2H])(OC(C)=O)[C@@H](C)[C@H]1CC[C@H]2[C@@H]3CC(=O)[C@]45C[C@H]4CC[C@]5(C)[C@H]3CC[C@]12C. The zero-order valence-electron chi connectivity index (χ0n) is 24.8. The van der Waals surface area contributed by atoms with E-state index in [4.69, 9.17) is 7.48 Å². The van der Waals surface area contributed by atoms with Crippen molar-refractivity contribution in [1.82, 2.24) is 0 Å². The highest BCUT2D eigenvalue weighted by Crippen LogP contribution is 2.80. The van der Waals surface area contributed by atoms with E-state index in [1.807, 2.05) is 13.8 Å². The van der Waals surface area contributed by atoms with Crippen LogP contribution in [0.25, 0.3) is 0 Å². The molecule has 0 aliphatic heterocycles. The lowest BCUT2D eigenvalue weighted by Gasteiger charge is -2.58. The number of fused-ring (bicyclic) bond motifs is 4. The highest BCUT2D eigenvalue weighted by molar-refractivity contribution is 5.91. The van der Waals surface area contributed by atoms with E-state index in [0.29, 0.717) is 35.9 Å². The molecule has 0 N–H and O–H groups in total. The van der Waals surface area contributed by atoms with Crippen LogP contribution in [0.15, 0.2) is 0 Å². The zero-order chi connectivity index (χ0) is 26.4. The maximum atomic E-state index is 13.6. The monoisotopic (exact) mass is 459 g/mol. The summed E-state index contributed by atoms with van der Waals surface area (Å²) in [6.07, 6.45) is 7.82. The van der Waals surface area contributed by atoms with Gasteiger partial charge in [-0.3, -0.25) is 9.59 Å². The predicted molar refractivity (Wildman–Crippen MR) is 131 cm³/mol. The molecule has 1 spiro atoms. The molecule has 33 heavy (non-hydrogen) atoms. The number of Topliss-reactive ketones (excluding diaryl/α,β-unsaturated/α-hetero) is 1. The second-order valence-corrected chi connectivity index (χ2v) is 13.5. The summed E-state index contributed by atoms with van der Waals surface area (Å²) < 4.78 is 30.9. The number of ether oxygens (including phenoxy) is 1. The van der Waals surface area contributed by atoms with Crippen molar-refractivity contribution in [3.8, 4) is 0 Å². The molecule has 0 aromatic rings. The number of hydrogen-bond acceptors (Lipinski definition) is 3. The number of ketones is 1. The second-order valence-electron chi connectivity index (χ2n) is 13.5. The normalized spacial score (nSPS) is 51.5. The lowest BCUT2D eigenvalue weighted by atomic mass is 9.45. The van der Waals surface area contributed by atoms with Gasteiger partial charge in [0.1, 0.15) is 11.9 Å². The molecule has 0 aromatic heterocycles. The summed E-state index contributed by atoms with van der Waals surface area (Å²) in [7, 11) is 0. The summed E-state index contributed by atoms with van der Waals surface area (Å²) >= 11 is 0. The molecule has 0 heterocycles. The van der Waals surface area contributed by atoms with Crippen LogP contribution in [0, 0.1) is 63.6 Å². The van der Waals surface area contributed by atoms with Crippen LogP contribution in [0.2, 0.25) is 0 Å². The number of rotatable bonds is 6. The highest BCUT2D eigenvalue weighted by atomic mass is 16.5. The van der Waals surface area contributed by atoms with Crippen molar-refractivity contribution in [2.45, 2.75) is 112 Å². The van der Waals surface area contributed by atoms with Crippen LogP contribution in [0.1, 0.15) is 110 Å². The summed E-state index contributed by atoms with van der Waals surface area (Å²) in [5.74, 6) is 2.27. The van der Waals surface area contributed by atoms with Crippen LogP contribution >= 0.6 is 0 Å². The van der Waals surface area contributed by atoms with Crippen LogP contribution in [0.5, 0.6) is 0 Å². The Morgan fingerprint density at radius 1 is 1.15 bits per heavy atom. The highest BCUT2D eigenvalue weighted by Gasteiger charge is 2.77. The number of carbonyl (C=O) groups is 2. The summed E-state index contributed by atoms with van der Waals surface area (Å²) in [4.78, 5) is 25.8. The predicted octanol–water partition coefficient (Wildman–Crippen LogP) is 7.07. The molecule has 3 heteroatoms. The topological polar surface area (TPSA) is 43.4 Å². The largest absolute Gasteiger partial charge is 0.462 e. The molecule has 0 bridgehead atoms. The van der Waals surface area contributed by atoms with E-state index in [1.165, 1.54) is 26.2 Å². The van der Waals surface area contributed by atoms with Gasteiger partial charge >= 0.3 is 5.97 Å². The molecule has 0 radical (unpaired) electrons. The van der Waals surface area contributed by atoms with Crippen LogP contribution in [0.3, 0.4) is 0 Å². The fourth-order valence-corrected chi connectivity index (χ4v) is 10.1. The quantitative estimate of drug-likeness (QED) is 0.399. The molecule has 186 valence electrons. The van der Waals surface area contributed by atoms with Crippen molar-refractivity contribution in [3.63, 3.8) is 0 Å². The van der Waals surface area contributed by atoms with Crippen molar-refractivity contribution in [2.24, 2.45) is 63.6 Å². The molecule has 5 aliphatic rings. The van der Waals surface area contributed by atoms with Crippen molar-refractivity contribution >= 4 is 11.8 Å². The van der Waals surface area contributed by atoms with Crippen molar-refractivity contribution in [3.05, 3.63) is 0 Å². The van der Waals surface area contributed by atoms with E-state index in [2.05, 4.69) is 20.8 Å². The third-order valence-electron chi connectivity index (χ3n) is 12.2. The minimum Gasteiger partial charge on any atom is -0.462 e. The van der Waals surface area contributed by atoms with Gasteiger partial charge in [0, 0.05) is 21.5 Å². The zero-order valence-corrected chi connectivity index (χ0v) is 21.8. The van der Waals surface area contributed by atoms with Gasteiger partial charge in [-0.05, 0) is 110 Å². The molecule has 1 unspecified atom stereocenters. The molecule has 5 saturated carbocycles. The van der Waals surface area contributed by atoms with Crippen molar-refractivity contribution in [1.29, 1.82) is 0 Å². The Bertz CT molecular complexity index is 923. The maximum absolute atomic E-state index is 13.6. The van der Waals surface area contributed by atoms with Gasteiger partial charge in [-0.15, -0.1) is 0 Å². The molecule has 5 aliphatic carbocycles. The van der Waals surface area contributed by atoms with Gasteiger partial charge in [0.25, 0.3) is 0 Å². The lowest BCUT2D eigenvalue weighted by Crippen LogP contribution is -2.55. The molecule has 0 aromatic carbocycles. The Kier molecular flexibility index (Phi) is 4.82. The van der Waals surface area contributed by atoms with Crippen LogP contribution in [0.4, 0.5) is 0 Å². The molecular weight excluding hydrogens is 408 g/mol. The first-order chi connectivity index (χ1) is 16.7. The summed E-state index contributed by atoms with van der Waals surface area (Å²) in [5, 5.41) is 0. The first-order valence-electron chi connectivity index (χ1n) is 15.4. The average Bonchev–Trinajstić information content (AvgIpc) is 3.32. The van der Waals surface area contributed by atoms with E-state index in [9.17, 15) is 11.0 Å². The number of esters is 1. The minimum absolute atomic E-state index is 0.0131. The molecule has 0 saturated heterocycles. The Balaban J connectivity index is 1.40. The first-order valence-corrected chi connectivity index (χ1v) is 13.8. The smallest absolute Gasteiger partial charge is 0.302 e. The van der Waals surface area contributed by atoms with Gasteiger partial charge in [0.15, 0.2) is 0 Å². The van der Waals surface area contributed by atoms with E-state index in [0.717, 1.165) is 32.1 Å². The van der Waals surface area contributed by atoms with Crippen LogP contribution < -0.4 is 0 Å². The Morgan fingerprint density at radius 2 is 1.91 bits per heavy atom. The summed E-state index contributed by atoms with van der Waals surface area (Å²) in [6.45, 7) is 11.3. The molecule has 3 nitrogen and oxygen atoms in total.